The summed E-state index contributed by atoms with van der Waals surface area (Å²) in [4.78, 5) is 16.5. The number of carbonyl (C=O) groups excluding carboxylic acids is 1. The van der Waals surface area contributed by atoms with Crippen molar-refractivity contribution in [1.29, 1.82) is 0 Å². The maximum atomic E-state index is 13.3. The molecule has 4 aromatic rings. The quantitative estimate of drug-likeness (QED) is 0.331. The van der Waals surface area contributed by atoms with E-state index in [1.807, 2.05) is 0 Å². The molecule has 0 saturated heterocycles. The van der Waals surface area contributed by atoms with Gasteiger partial charge in [-0.25, -0.2) is 14.1 Å². The highest BCUT2D eigenvalue weighted by Gasteiger charge is 2.17. The van der Waals surface area contributed by atoms with Gasteiger partial charge < -0.3 is 11.2 Å². The molecule has 0 fully saturated rings. The van der Waals surface area contributed by atoms with E-state index in [0.29, 0.717) is 41.9 Å². The predicted molar refractivity (Wildman–Crippen MR) is 115 cm³/mol. The molecule has 148 valence electrons. The smallest absolute Gasteiger partial charge is 0.236 e. The Morgan fingerprint density at radius 1 is 1.24 bits per heavy atom. The van der Waals surface area contributed by atoms with Crippen LogP contribution in [-0.4, -0.2) is 31.5 Å². The van der Waals surface area contributed by atoms with Gasteiger partial charge in [0.05, 0.1) is 21.0 Å². The fourth-order valence-electron chi connectivity index (χ4n) is 2.47. The molecule has 0 bridgehead atoms. The summed E-state index contributed by atoms with van der Waals surface area (Å²) in [6.07, 6.45) is 0. The molecule has 2 aromatic carbocycles. The van der Waals surface area contributed by atoms with Crippen molar-refractivity contribution in [3.63, 3.8) is 0 Å². The van der Waals surface area contributed by atoms with Gasteiger partial charge in [0.15, 0.2) is 11.0 Å². The van der Waals surface area contributed by atoms with Gasteiger partial charge in [0.1, 0.15) is 5.82 Å². The van der Waals surface area contributed by atoms with Crippen LogP contribution in [0.5, 0.6) is 0 Å². The van der Waals surface area contributed by atoms with E-state index in [2.05, 4.69) is 20.5 Å². The largest absolute Gasteiger partial charge is 0.335 e. The second-order valence-corrected chi connectivity index (χ2v) is 8.59. The van der Waals surface area contributed by atoms with Gasteiger partial charge in [0.25, 0.3) is 0 Å². The summed E-state index contributed by atoms with van der Waals surface area (Å²) < 4.78 is 15.2. The molecule has 0 spiro atoms. The van der Waals surface area contributed by atoms with Crippen molar-refractivity contribution in [3.8, 4) is 11.4 Å². The summed E-state index contributed by atoms with van der Waals surface area (Å²) in [6, 6.07) is 9.18. The van der Waals surface area contributed by atoms with Crippen molar-refractivity contribution in [2.45, 2.75) is 5.16 Å². The molecule has 0 unspecified atom stereocenters. The minimum Gasteiger partial charge on any atom is -0.335 e. The Bertz CT molecular complexity index is 1230. The van der Waals surface area contributed by atoms with Gasteiger partial charge in [0, 0.05) is 10.6 Å². The number of hydrogen-bond donors (Lipinski definition) is 2. The lowest BCUT2D eigenvalue weighted by molar-refractivity contribution is -0.113. The average Bonchev–Trinajstić information content (AvgIpc) is 3.24. The van der Waals surface area contributed by atoms with Gasteiger partial charge in [-0.1, -0.05) is 46.3 Å². The monoisotopic (exact) mass is 468 g/mol. The molecular weight excluding hydrogens is 458 g/mol. The number of hydrogen-bond acceptors (Lipinski definition) is 7. The highest BCUT2D eigenvalue weighted by atomic mass is 35.5. The van der Waals surface area contributed by atoms with E-state index >= 15 is 0 Å². The summed E-state index contributed by atoms with van der Waals surface area (Å²) in [6.45, 7) is 0. The number of nitrogen functional groups attached to an aromatic ring is 1. The third-order valence-electron chi connectivity index (χ3n) is 3.76. The molecule has 0 aliphatic heterocycles. The van der Waals surface area contributed by atoms with Crippen molar-refractivity contribution >= 4 is 67.6 Å². The third-order valence-corrected chi connectivity index (χ3v) is 6.20. The topological polar surface area (TPSA) is 98.7 Å². The summed E-state index contributed by atoms with van der Waals surface area (Å²) in [5.74, 6) is 5.75. The number of fused-ring (bicyclic) bond motifs is 1. The van der Waals surface area contributed by atoms with Crippen molar-refractivity contribution < 1.29 is 9.18 Å². The lowest BCUT2D eigenvalue weighted by Crippen LogP contribution is -2.16. The van der Waals surface area contributed by atoms with E-state index in [1.165, 1.54) is 28.1 Å². The number of anilines is 1. The van der Waals surface area contributed by atoms with Gasteiger partial charge in [-0.2, -0.15) is 0 Å². The highest BCUT2D eigenvalue weighted by Crippen LogP contribution is 2.31. The molecule has 0 aliphatic rings. The zero-order chi connectivity index (χ0) is 20.5. The summed E-state index contributed by atoms with van der Waals surface area (Å²) in [5, 5.41) is 12.3. The molecule has 29 heavy (non-hydrogen) atoms. The number of thioether (sulfide) groups is 1. The Morgan fingerprint density at radius 3 is 2.90 bits per heavy atom. The average molecular weight is 469 g/mol. The number of amides is 1. The molecule has 0 aliphatic carbocycles. The SMILES string of the molecule is Nn1c(SCC(=O)Nc2nc3ccc(F)cc3s2)nnc1-c1cc(Cl)ccc1Cl. The van der Waals surface area contributed by atoms with E-state index in [1.54, 1.807) is 24.3 Å². The second kappa shape index (κ2) is 8.15. The number of halogens is 3. The maximum Gasteiger partial charge on any atom is 0.236 e. The van der Waals surface area contributed by atoms with E-state index in [0.717, 1.165) is 11.8 Å². The fraction of sp³-hybridized carbons (Fsp3) is 0.0588. The van der Waals surface area contributed by atoms with Crippen LogP contribution in [0.3, 0.4) is 0 Å². The number of aromatic nitrogens is 4. The minimum absolute atomic E-state index is 0.0307. The molecule has 2 aromatic heterocycles. The molecule has 2 heterocycles. The Morgan fingerprint density at radius 2 is 2.07 bits per heavy atom. The first-order valence-corrected chi connectivity index (χ1v) is 10.6. The van der Waals surface area contributed by atoms with Crippen LogP contribution in [0, 0.1) is 5.82 Å². The predicted octanol–water partition coefficient (Wildman–Crippen LogP) is 4.45. The van der Waals surface area contributed by atoms with Crippen LogP contribution in [0.1, 0.15) is 0 Å². The summed E-state index contributed by atoms with van der Waals surface area (Å²) in [7, 11) is 0. The van der Waals surface area contributed by atoms with Crippen LogP contribution in [0.25, 0.3) is 21.6 Å². The molecular formula is C17H11Cl2FN6OS2. The lowest BCUT2D eigenvalue weighted by atomic mass is 10.2. The van der Waals surface area contributed by atoms with E-state index in [9.17, 15) is 9.18 Å². The molecule has 0 saturated carbocycles. The Labute approximate surface area is 182 Å². The number of nitrogens with two attached hydrogens (primary N) is 1. The van der Waals surface area contributed by atoms with Gasteiger partial charge in [-0.05, 0) is 36.4 Å². The normalized spacial score (nSPS) is 11.1. The number of benzene rings is 2. The number of rotatable bonds is 5. The van der Waals surface area contributed by atoms with Crippen LogP contribution < -0.4 is 11.2 Å². The van der Waals surface area contributed by atoms with Gasteiger partial charge >= 0.3 is 0 Å². The molecule has 4 rings (SSSR count). The first-order valence-electron chi connectivity index (χ1n) is 8.05. The lowest BCUT2D eigenvalue weighted by Gasteiger charge is -2.06. The molecule has 7 nitrogen and oxygen atoms in total. The van der Waals surface area contributed by atoms with Gasteiger partial charge in [-0.3, -0.25) is 4.79 Å². The summed E-state index contributed by atoms with van der Waals surface area (Å²) in [5.41, 5.74) is 1.15. The van der Waals surface area contributed by atoms with Crippen LogP contribution in [0.4, 0.5) is 9.52 Å². The number of thiazole rings is 1. The Hall–Kier alpha value is -2.40. The maximum absolute atomic E-state index is 13.3. The van der Waals surface area contributed by atoms with E-state index < -0.39 is 0 Å². The molecule has 1 amide bonds. The fourth-order valence-corrected chi connectivity index (χ4v) is 4.40. The van der Waals surface area contributed by atoms with Crippen LogP contribution in [0.2, 0.25) is 10.0 Å². The molecule has 0 radical (unpaired) electrons. The number of nitrogens with one attached hydrogen (secondary N) is 1. The molecule has 3 N–H and O–H groups in total. The second-order valence-electron chi connectivity index (χ2n) is 5.77. The van der Waals surface area contributed by atoms with Crippen LogP contribution in [0.15, 0.2) is 41.6 Å². The van der Waals surface area contributed by atoms with E-state index in [-0.39, 0.29) is 17.5 Å². The van der Waals surface area contributed by atoms with Crippen molar-refractivity contribution in [3.05, 3.63) is 52.3 Å². The Balaban J connectivity index is 1.44. The minimum atomic E-state index is -0.354. The molecule has 0 atom stereocenters. The van der Waals surface area contributed by atoms with Crippen molar-refractivity contribution in [2.24, 2.45) is 0 Å². The first kappa shape index (κ1) is 19.9. The zero-order valence-electron chi connectivity index (χ0n) is 14.4. The van der Waals surface area contributed by atoms with E-state index in [4.69, 9.17) is 29.0 Å². The Kier molecular flexibility index (Phi) is 5.59. The summed E-state index contributed by atoms with van der Waals surface area (Å²) >= 11 is 14.5. The standard InChI is InChI=1S/C17H11Cl2FN6OS2/c18-8-1-3-11(19)10(5-8)15-24-25-17(26(15)21)28-7-14(27)23-16-22-12-4-2-9(20)6-13(12)29-16/h1-6H,7,21H2,(H,22,23,27). The first-order chi connectivity index (χ1) is 13.9. The van der Waals surface area contributed by atoms with Gasteiger partial charge in [0.2, 0.25) is 11.1 Å². The van der Waals surface area contributed by atoms with Gasteiger partial charge in [-0.15, -0.1) is 10.2 Å². The van der Waals surface area contributed by atoms with Crippen molar-refractivity contribution in [2.75, 3.05) is 16.9 Å². The zero-order valence-corrected chi connectivity index (χ0v) is 17.5. The van der Waals surface area contributed by atoms with Crippen LogP contribution >= 0.6 is 46.3 Å². The number of nitrogens with zero attached hydrogens (tertiary/aromatic N) is 4. The number of carbonyl (C=O) groups is 1. The molecule has 12 heteroatoms. The van der Waals surface area contributed by atoms with Crippen LogP contribution in [-0.2, 0) is 4.79 Å². The third kappa shape index (κ3) is 4.30. The highest BCUT2D eigenvalue weighted by molar-refractivity contribution is 7.99. The van der Waals surface area contributed by atoms with Crippen molar-refractivity contribution in [1.82, 2.24) is 19.9 Å².